The van der Waals surface area contributed by atoms with Crippen LogP contribution in [0.2, 0.25) is 0 Å². The second-order valence-corrected chi connectivity index (χ2v) is 6.64. The zero-order valence-corrected chi connectivity index (χ0v) is 15.0. The van der Waals surface area contributed by atoms with Gasteiger partial charge in [-0.05, 0) is 25.0 Å². The number of nitrogens with zero attached hydrogens (tertiary/aromatic N) is 6. The largest absolute Gasteiger partial charge is 0.337 e. The van der Waals surface area contributed by atoms with Crippen LogP contribution in [0.4, 0.5) is 11.6 Å². The molecule has 3 heterocycles. The molecule has 1 atom stereocenters. The van der Waals surface area contributed by atoms with E-state index in [4.69, 9.17) is 4.52 Å². The minimum atomic E-state index is -0.521. The predicted molar refractivity (Wildman–Crippen MR) is 95.4 cm³/mol. The molecule has 2 aromatic heterocycles. The van der Waals surface area contributed by atoms with Crippen molar-refractivity contribution in [2.75, 3.05) is 11.4 Å². The van der Waals surface area contributed by atoms with Crippen molar-refractivity contribution in [2.45, 2.75) is 18.9 Å². The van der Waals surface area contributed by atoms with Crippen molar-refractivity contribution in [1.82, 2.24) is 20.1 Å². The van der Waals surface area contributed by atoms with E-state index in [0.29, 0.717) is 17.7 Å². The zero-order chi connectivity index (χ0) is 18.1. The van der Waals surface area contributed by atoms with Crippen LogP contribution in [0.5, 0.6) is 0 Å². The normalized spacial score (nSPS) is 16.8. The molecule has 1 aromatic carbocycles. The second-order valence-electron chi connectivity index (χ2n) is 5.79. The summed E-state index contributed by atoms with van der Waals surface area (Å²) in [4.78, 5) is 24.9. The Balaban J connectivity index is 1.61. The Labute approximate surface area is 156 Å². The number of halogens is 1. The van der Waals surface area contributed by atoms with Crippen LogP contribution in [0.3, 0.4) is 0 Å². The van der Waals surface area contributed by atoms with Gasteiger partial charge in [-0.1, -0.05) is 33.2 Å². The lowest BCUT2D eigenvalue weighted by molar-refractivity contribution is -0.385. The van der Waals surface area contributed by atoms with Crippen LogP contribution in [0.25, 0.3) is 11.4 Å². The molecule has 1 aliphatic heterocycles. The van der Waals surface area contributed by atoms with Gasteiger partial charge < -0.3 is 9.42 Å². The molecular formula is C16H13BrN6O3. The number of aromatic nitrogens is 4. The van der Waals surface area contributed by atoms with Crippen molar-refractivity contribution in [3.8, 4) is 11.4 Å². The third kappa shape index (κ3) is 3.03. The van der Waals surface area contributed by atoms with Gasteiger partial charge in [-0.15, -0.1) is 0 Å². The van der Waals surface area contributed by atoms with Crippen molar-refractivity contribution in [2.24, 2.45) is 0 Å². The van der Waals surface area contributed by atoms with Gasteiger partial charge in [-0.25, -0.2) is 9.97 Å². The number of anilines is 1. The Kier molecular flexibility index (Phi) is 4.33. The van der Waals surface area contributed by atoms with Crippen molar-refractivity contribution >= 4 is 27.6 Å². The van der Waals surface area contributed by atoms with Crippen molar-refractivity contribution < 1.29 is 9.45 Å². The third-order valence-electron chi connectivity index (χ3n) is 4.19. The van der Waals surface area contributed by atoms with E-state index in [2.05, 4.69) is 36.0 Å². The van der Waals surface area contributed by atoms with Crippen LogP contribution in [-0.4, -0.2) is 31.6 Å². The standard InChI is InChI=1S/C16H13BrN6O3/c17-12-5-2-1-4-11(12)14-20-15(26-21-14)13-6-3-7-22(13)16-18-8-10(9-19-16)23(24)25/h1-2,4-5,8-9,13H,3,6-7H2. The number of hydrogen-bond acceptors (Lipinski definition) is 8. The summed E-state index contributed by atoms with van der Waals surface area (Å²) in [5.41, 5.74) is 0.706. The number of hydrogen-bond donors (Lipinski definition) is 0. The molecule has 0 aliphatic carbocycles. The van der Waals surface area contributed by atoms with Crippen LogP contribution in [0.1, 0.15) is 24.8 Å². The van der Waals surface area contributed by atoms with Gasteiger partial charge in [0.05, 0.1) is 4.92 Å². The lowest BCUT2D eigenvalue weighted by atomic mass is 10.2. The fourth-order valence-corrected chi connectivity index (χ4v) is 3.40. The highest BCUT2D eigenvalue weighted by Crippen LogP contribution is 2.35. The Hall–Kier alpha value is -2.88. The zero-order valence-electron chi connectivity index (χ0n) is 13.4. The molecule has 0 N–H and O–H groups in total. The molecule has 26 heavy (non-hydrogen) atoms. The van der Waals surface area contributed by atoms with Gasteiger partial charge in [-0.3, -0.25) is 10.1 Å². The molecule has 0 spiro atoms. The maximum atomic E-state index is 10.8. The van der Waals surface area contributed by atoms with E-state index in [1.807, 2.05) is 29.2 Å². The van der Waals surface area contributed by atoms with Crippen LogP contribution >= 0.6 is 15.9 Å². The minimum absolute atomic E-state index is 0.140. The fraction of sp³-hybridized carbons (Fsp3) is 0.250. The van der Waals surface area contributed by atoms with E-state index in [0.717, 1.165) is 29.4 Å². The Morgan fingerprint density at radius 1 is 1.27 bits per heavy atom. The van der Waals surface area contributed by atoms with Gasteiger partial charge in [0.15, 0.2) is 0 Å². The van der Waals surface area contributed by atoms with Crippen LogP contribution in [0.15, 0.2) is 45.7 Å². The summed E-state index contributed by atoms with van der Waals surface area (Å²) in [6.45, 7) is 0.717. The second kappa shape index (κ2) is 6.79. The van der Waals surface area contributed by atoms with Gasteiger partial charge >= 0.3 is 5.69 Å². The van der Waals surface area contributed by atoms with Gasteiger partial charge in [-0.2, -0.15) is 4.98 Å². The highest BCUT2D eigenvalue weighted by molar-refractivity contribution is 9.10. The van der Waals surface area contributed by atoms with Crippen LogP contribution in [0, 0.1) is 10.1 Å². The smallest absolute Gasteiger partial charge is 0.305 e. The molecule has 0 bridgehead atoms. The lowest BCUT2D eigenvalue weighted by Gasteiger charge is -2.21. The molecule has 1 aliphatic rings. The average Bonchev–Trinajstić information content (AvgIpc) is 3.31. The summed E-state index contributed by atoms with van der Waals surface area (Å²) in [6, 6.07) is 7.49. The first-order chi connectivity index (χ1) is 12.6. The Morgan fingerprint density at radius 3 is 2.77 bits per heavy atom. The molecular weight excluding hydrogens is 404 g/mol. The average molecular weight is 417 g/mol. The van der Waals surface area contributed by atoms with E-state index in [1.165, 1.54) is 12.4 Å². The molecule has 132 valence electrons. The van der Waals surface area contributed by atoms with E-state index >= 15 is 0 Å². The molecule has 0 saturated carbocycles. The van der Waals surface area contributed by atoms with Crippen molar-refractivity contribution in [1.29, 1.82) is 0 Å². The number of nitro groups is 1. The molecule has 10 heteroatoms. The summed E-state index contributed by atoms with van der Waals surface area (Å²) < 4.78 is 6.37. The SMILES string of the molecule is O=[N+]([O-])c1cnc(N2CCCC2c2nc(-c3ccccc3Br)no2)nc1. The van der Waals surface area contributed by atoms with Crippen LogP contribution < -0.4 is 4.90 Å². The minimum Gasteiger partial charge on any atom is -0.337 e. The third-order valence-corrected chi connectivity index (χ3v) is 4.88. The molecule has 1 unspecified atom stereocenters. The molecule has 0 radical (unpaired) electrons. The summed E-state index contributed by atoms with van der Waals surface area (Å²) in [5, 5.41) is 14.8. The van der Waals surface area contributed by atoms with Crippen LogP contribution in [-0.2, 0) is 0 Å². The van der Waals surface area contributed by atoms with Gasteiger partial charge in [0.1, 0.15) is 18.4 Å². The number of benzene rings is 1. The van der Waals surface area contributed by atoms with Crippen molar-refractivity contribution in [3.05, 3.63) is 57.1 Å². The van der Waals surface area contributed by atoms with E-state index in [9.17, 15) is 10.1 Å². The first kappa shape index (κ1) is 16.6. The molecule has 9 nitrogen and oxygen atoms in total. The topological polar surface area (TPSA) is 111 Å². The highest BCUT2D eigenvalue weighted by Gasteiger charge is 2.33. The quantitative estimate of drug-likeness (QED) is 0.468. The molecule has 1 saturated heterocycles. The van der Waals surface area contributed by atoms with E-state index < -0.39 is 4.92 Å². The summed E-state index contributed by atoms with van der Waals surface area (Å²) in [5.74, 6) is 1.40. The van der Waals surface area contributed by atoms with Crippen molar-refractivity contribution in [3.63, 3.8) is 0 Å². The Bertz CT molecular complexity index is 945. The first-order valence-electron chi connectivity index (χ1n) is 7.95. The summed E-state index contributed by atoms with van der Waals surface area (Å²) >= 11 is 3.49. The van der Waals surface area contributed by atoms with E-state index in [-0.39, 0.29) is 11.7 Å². The molecule has 0 amide bonds. The maximum absolute atomic E-state index is 10.8. The fourth-order valence-electron chi connectivity index (χ4n) is 2.94. The maximum Gasteiger partial charge on any atom is 0.305 e. The highest BCUT2D eigenvalue weighted by atomic mass is 79.9. The summed E-state index contributed by atoms with van der Waals surface area (Å²) in [7, 11) is 0. The first-order valence-corrected chi connectivity index (χ1v) is 8.74. The Morgan fingerprint density at radius 2 is 2.04 bits per heavy atom. The summed E-state index contributed by atoms with van der Waals surface area (Å²) in [6.07, 6.45) is 4.14. The van der Waals surface area contributed by atoms with Gasteiger partial charge in [0.25, 0.3) is 0 Å². The molecule has 3 aromatic rings. The monoisotopic (exact) mass is 416 g/mol. The van der Waals surface area contributed by atoms with Gasteiger partial charge in [0, 0.05) is 16.6 Å². The molecule has 1 fully saturated rings. The number of rotatable bonds is 4. The van der Waals surface area contributed by atoms with Gasteiger partial charge in [0.2, 0.25) is 17.7 Å². The predicted octanol–water partition coefficient (Wildman–Crippen LogP) is 3.54. The van der Waals surface area contributed by atoms with E-state index in [1.54, 1.807) is 0 Å². The molecule has 4 rings (SSSR count). The lowest BCUT2D eigenvalue weighted by Crippen LogP contribution is -2.24.